The van der Waals surface area contributed by atoms with Gasteiger partial charge in [0.1, 0.15) is 0 Å². The van der Waals surface area contributed by atoms with Crippen molar-refractivity contribution in [2.45, 2.75) is 18.3 Å². The van der Waals surface area contributed by atoms with Gasteiger partial charge in [0.25, 0.3) is 12.1 Å². The monoisotopic (exact) mass is 222 g/mol. The summed E-state index contributed by atoms with van der Waals surface area (Å²) in [5.74, 6) is -1.95. The molecule has 0 spiro atoms. The highest BCUT2D eigenvalue weighted by molar-refractivity contribution is 5.80. The van der Waals surface area contributed by atoms with Crippen LogP contribution < -0.4 is 0 Å². The van der Waals surface area contributed by atoms with Crippen molar-refractivity contribution in [1.82, 2.24) is 0 Å². The van der Waals surface area contributed by atoms with E-state index in [4.69, 9.17) is 5.11 Å². The van der Waals surface area contributed by atoms with Crippen LogP contribution >= 0.6 is 0 Å². The van der Waals surface area contributed by atoms with Crippen molar-refractivity contribution >= 4 is 5.97 Å². The van der Waals surface area contributed by atoms with Crippen molar-refractivity contribution in [3.05, 3.63) is 12.2 Å². The SMILES string of the molecule is O=C(O)C=CC(F)(C(F)F)C(F)(F)F. The maximum absolute atomic E-state index is 12.6. The predicted octanol–water partition coefficient (Wildman–Crippen LogP) is 2.16. The van der Waals surface area contributed by atoms with E-state index in [1.54, 1.807) is 0 Å². The van der Waals surface area contributed by atoms with Gasteiger partial charge in [0.05, 0.1) is 0 Å². The van der Waals surface area contributed by atoms with E-state index < -0.39 is 30.3 Å². The summed E-state index contributed by atoms with van der Waals surface area (Å²) in [7, 11) is 0. The van der Waals surface area contributed by atoms with Crippen molar-refractivity contribution in [2.75, 3.05) is 0 Å². The molecule has 0 aromatic rings. The van der Waals surface area contributed by atoms with Gasteiger partial charge < -0.3 is 5.11 Å². The van der Waals surface area contributed by atoms with E-state index in [1.165, 1.54) is 0 Å². The number of aliphatic carboxylic acids is 1. The highest BCUT2D eigenvalue weighted by atomic mass is 19.4. The molecular formula is C6H4F6O2. The fourth-order valence-electron chi connectivity index (χ4n) is 0.484. The van der Waals surface area contributed by atoms with Crippen LogP contribution in [0, 0.1) is 0 Å². The molecule has 0 radical (unpaired) electrons. The molecule has 1 atom stereocenters. The zero-order chi connectivity index (χ0) is 11.6. The second-order valence-corrected chi connectivity index (χ2v) is 2.24. The standard InChI is InChI=1S/C6H4F6O2/c7-4(8)5(9,6(10,11)12)2-1-3(13)14/h1-2,4H,(H,13,14). The van der Waals surface area contributed by atoms with Crippen LogP contribution in [0.4, 0.5) is 26.3 Å². The largest absolute Gasteiger partial charge is 0.478 e. The lowest BCUT2D eigenvalue weighted by atomic mass is 10.1. The Hall–Kier alpha value is -1.21. The van der Waals surface area contributed by atoms with Gasteiger partial charge in [-0.05, 0) is 6.08 Å². The Morgan fingerprint density at radius 3 is 1.86 bits per heavy atom. The van der Waals surface area contributed by atoms with Gasteiger partial charge in [-0.1, -0.05) is 0 Å². The van der Waals surface area contributed by atoms with E-state index in [1.807, 2.05) is 0 Å². The number of allylic oxidation sites excluding steroid dienone is 1. The summed E-state index contributed by atoms with van der Waals surface area (Å²) in [5, 5.41) is 7.86. The normalized spacial score (nSPS) is 17.4. The van der Waals surface area contributed by atoms with Gasteiger partial charge in [0.2, 0.25) is 0 Å². The molecule has 0 heterocycles. The highest BCUT2D eigenvalue weighted by Gasteiger charge is 2.61. The van der Waals surface area contributed by atoms with Gasteiger partial charge in [-0.25, -0.2) is 18.0 Å². The van der Waals surface area contributed by atoms with E-state index in [-0.39, 0.29) is 6.08 Å². The molecule has 82 valence electrons. The summed E-state index contributed by atoms with van der Waals surface area (Å²) in [6.45, 7) is 0. The molecule has 8 heteroatoms. The smallest absolute Gasteiger partial charge is 0.431 e. The maximum atomic E-state index is 12.6. The Morgan fingerprint density at radius 2 is 1.64 bits per heavy atom. The lowest BCUT2D eigenvalue weighted by Crippen LogP contribution is -2.45. The molecule has 0 rings (SSSR count). The average Bonchev–Trinajstić information content (AvgIpc) is 1.97. The number of carbonyl (C=O) groups is 1. The molecule has 0 aliphatic carbocycles. The van der Waals surface area contributed by atoms with Crippen LogP contribution in [0.15, 0.2) is 12.2 Å². The molecule has 0 aromatic carbocycles. The summed E-state index contributed by atoms with van der Waals surface area (Å²) in [4.78, 5) is 9.73. The first-order chi connectivity index (χ1) is 6.11. The number of halogens is 6. The van der Waals surface area contributed by atoms with E-state index >= 15 is 0 Å². The first-order valence-corrected chi connectivity index (χ1v) is 3.07. The van der Waals surface area contributed by atoms with Crippen LogP contribution in [-0.2, 0) is 4.79 Å². The van der Waals surface area contributed by atoms with Crippen molar-refractivity contribution in [1.29, 1.82) is 0 Å². The third-order valence-corrected chi connectivity index (χ3v) is 1.22. The molecule has 0 bridgehead atoms. The van der Waals surface area contributed by atoms with Crippen LogP contribution in [-0.4, -0.2) is 29.3 Å². The van der Waals surface area contributed by atoms with E-state index in [9.17, 15) is 31.1 Å². The lowest BCUT2D eigenvalue weighted by molar-refractivity contribution is -0.247. The topological polar surface area (TPSA) is 37.3 Å². The zero-order valence-corrected chi connectivity index (χ0v) is 6.36. The third kappa shape index (κ3) is 2.64. The van der Waals surface area contributed by atoms with Gasteiger partial charge >= 0.3 is 12.1 Å². The summed E-state index contributed by atoms with van der Waals surface area (Å²) < 4.78 is 71.1. The highest BCUT2D eigenvalue weighted by Crippen LogP contribution is 2.39. The summed E-state index contributed by atoms with van der Waals surface area (Å²) in [6.07, 6.45) is -11.3. The fourth-order valence-corrected chi connectivity index (χ4v) is 0.484. The van der Waals surface area contributed by atoms with Crippen LogP contribution in [0.2, 0.25) is 0 Å². The number of hydrogen-bond acceptors (Lipinski definition) is 1. The molecule has 0 fully saturated rings. The number of carboxylic acids is 1. The van der Waals surface area contributed by atoms with Crippen molar-refractivity contribution in [3.8, 4) is 0 Å². The average molecular weight is 222 g/mol. The Balaban J connectivity index is 5.03. The predicted molar refractivity (Wildman–Crippen MR) is 32.7 cm³/mol. The van der Waals surface area contributed by atoms with Crippen LogP contribution in [0.25, 0.3) is 0 Å². The van der Waals surface area contributed by atoms with Gasteiger partial charge in [0, 0.05) is 6.08 Å². The second kappa shape index (κ2) is 3.89. The first-order valence-electron chi connectivity index (χ1n) is 3.07. The van der Waals surface area contributed by atoms with Crippen LogP contribution in [0.1, 0.15) is 0 Å². The number of alkyl halides is 6. The molecule has 0 amide bonds. The first kappa shape index (κ1) is 12.8. The van der Waals surface area contributed by atoms with Crippen molar-refractivity contribution in [3.63, 3.8) is 0 Å². The molecule has 0 aromatic heterocycles. The molecule has 1 unspecified atom stereocenters. The second-order valence-electron chi connectivity index (χ2n) is 2.24. The zero-order valence-electron chi connectivity index (χ0n) is 6.36. The quantitative estimate of drug-likeness (QED) is 0.586. The minimum absolute atomic E-state index is 0.320. The Bertz CT molecular complexity index is 245. The Labute approximate surface area is 73.8 Å². The number of rotatable bonds is 3. The molecular weight excluding hydrogens is 218 g/mol. The lowest BCUT2D eigenvalue weighted by Gasteiger charge is -2.23. The maximum Gasteiger partial charge on any atom is 0.431 e. The molecule has 14 heavy (non-hydrogen) atoms. The molecule has 1 N–H and O–H groups in total. The van der Waals surface area contributed by atoms with Crippen molar-refractivity contribution < 1.29 is 36.2 Å². The molecule has 0 aliphatic rings. The minimum atomic E-state index is -5.85. The number of hydrogen-bond donors (Lipinski definition) is 1. The minimum Gasteiger partial charge on any atom is -0.478 e. The summed E-state index contributed by atoms with van der Waals surface area (Å²) in [5.41, 5.74) is -4.93. The van der Waals surface area contributed by atoms with E-state index in [0.717, 1.165) is 0 Å². The third-order valence-electron chi connectivity index (χ3n) is 1.22. The Morgan fingerprint density at radius 1 is 1.21 bits per heavy atom. The molecule has 2 nitrogen and oxygen atoms in total. The van der Waals surface area contributed by atoms with Gasteiger partial charge in [-0.3, -0.25) is 0 Å². The van der Waals surface area contributed by atoms with Gasteiger partial charge in [-0.2, -0.15) is 13.2 Å². The fraction of sp³-hybridized carbons (Fsp3) is 0.500. The van der Waals surface area contributed by atoms with Crippen molar-refractivity contribution in [2.24, 2.45) is 0 Å². The molecule has 0 saturated carbocycles. The molecule has 0 saturated heterocycles. The Kier molecular flexibility index (Phi) is 3.55. The number of carboxylic acid groups (broad SMARTS) is 1. The summed E-state index contributed by atoms with van der Waals surface area (Å²) in [6, 6.07) is 0. The van der Waals surface area contributed by atoms with E-state index in [0.29, 0.717) is 0 Å². The summed E-state index contributed by atoms with van der Waals surface area (Å²) >= 11 is 0. The van der Waals surface area contributed by atoms with Gasteiger partial charge in [0.15, 0.2) is 0 Å². The van der Waals surface area contributed by atoms with Crippen LogP contribution in [0.5, 0.6) is 0 Å². The van der Waals surface area contributed by atoms with Crippen LogP contribution in [0.3, 0.4) is 0 Å². The molecule has 0 aliphatic heterocycles. The van der Waals surface area contributed by atoms with E-state index in [2.05, 4.69) is 0 Å². The van der Waals surface area contributed by atoms with Gasteiger partial charge in [-0.15, -0.1) is 0 Å².